The summed E-state index contributed by atoms with van der Waals surface area (Å²) in [5.41, 5.74) is 0.460. The number of nitrogens with zero attached hydrogens (tertiary/aromatic N) is 3. The number of fused-ring (bicyclic) bond motifs is 3. The molecule has 0 aliphatic heterocycles. The molecule has 13 heteroatoms. The van der Waals surface area contributed by atoms with E-state index in [0.29, 0.717) is 6.54 Å². The summed E-state index contributed by atoms with van der Waals surface area (Å²) in [5, 5.41) is 26.7. The van der Waals surface area contributed by atoms with Crippen LogP contribution in [0, 0.1) is 20.2 Å². The molecule has 5 aromatic carbocycles. The van der Waals surface area contributed by atoms with Crippen molar-refractivity contribution in [2.24, 2.45) is 0 Å². The largest absolute Gasteiger partial charge is 0.588 e. The van der Waals surface area contributed by atoms with E-state index in [1.807, 2.05) is 30.3 Å². The molecule has 0 bridgehead atoms. The lowest BCUT2D eigenvalue weighted by atomic mass is 9.94. The molecule has 1 unspecified atom stereocenters. The standard InChI is InChI=1S/C42H49BrN3O8P/c1-3-5-7-9-13-27-44(28-14-10-8-6-4-2)31-42(41-29-32-15-11-12-16-38(32)40-30-33(43)17-26-39(40)41)54-55(51,52-36-22-18-34(19-23-36)45(47)48)53-37-24-20-35(21-25-37)46(49)50/h11-12,15-26,29-30,42H,3-10,13-14,27-28,31H2,1-2H3. The van der Waals surface area contributed by atoms with Crippen LogP contribution in [-0.4, -0.2) is 34.4 Å². The lowest BCUT2D eigenvalue weighted by Crippen LogP contribution is -2.32. The number of benzene rings is 5. The third-order valence-electron chi connectivity index (χ3n) is 9.57. The summed E-state index contributed by atoms with van der Waals surface area (Å²) in [6.45, 7) is 6.43. The van der Waals surface area contributed by atoms with Gasteiger partial charge in [-0.3, -0.25) is 24.8 Å². The molecule has 0 N–H and O–H groups in total. The topological polar surface area (TPSA) is 134 Å². The molecular weight excluding hydrogens is 785 g/mol. The predicted octanol–water partition coefficient (Wildman–Crippen LogP) is 13.1. The Balaban J connectivity index is 1.60. The highest BCUT2D eigenvalue weighted by molar-refractivity contribution is 9.10. The Kier molecular flexibility index (Phi) is 15.6. The Labute approximate surface area is 331 Å². The van der Waals surface area contributed by atoms with E-state index in [2.05, 4.69) is 52.9 Å². The summed E-state index contributed by atoms with van der Waals surface area (Å²) in [6.07, 6.45) is 10.4. The van der Waals surface area contributed by atoms with Gasteiger partial charge in [0.1, 0.15) is 17.6 Å². The number of nitro groups is 2. The molecule has 0 saturated heterocycles. The molecule has 292 valence electrons. The van der Waals surface area contributed by atoms with Crippen molar-refractivity contribution in [1.29, 1.82) is 0 Å². The third kappa shape index (κ3) is 12.1. The van der Waals surface area contributed by atoms with Gasteiger partial charge >= 0.3 is 7.82 Å². The average Bonchev–Trinajstić information content (AvgIpc) is 3.17. The van der Waals surface area contributed by atoms with Gasteiger partial charge in [-0.05, 0) is 95.5 Å². The molecule has 11 nitrogen and oxygen atoms in total. The van der Waals surface area contributed by atoms with Crippen molar-refractivity contribution in [1.82, 2.24) is 4.90 Å². The quantitative estimate of drug-likeness (QED) is 0.0207. The number of nitro benzene ring substituents is 2. The highest BCUT2D eigenvalue weighted by atomic mass is 79.9. The van der Waals surface area contributed by atoms with E-state index in [4.69, 9.17) is 13.6 Å². The normalized spacial score (nSPS) is 12.3. The van der Waals surface area contributed by atoms with E-state index in [1.54, 1.807) is 0 Å². The van der Waals surface area contributed by atoms with Crippen LogP contribution in [0.3, 0.4) is 0 Å². The molecule has 0 aromatic heterocycles. The van der Waals surface area contributed by atoms with E-state index in [-0.39, 0.29) is 22.9 Å². The number of non-ortho nitro benzene ring substituents is 2. The van der Waals surface area contributed by atoms with Gasteiger partial charge in [-0.2, -0.15) is 0 Å². The Bertz CT molecular complexity index is 2000. The highest BCUT2D eigenvalue weighted by Crippen LogP contribution is 2.54. The minimum Gasteiger partial charge on any atom is -0.395 e. The summed E-state index contributed by atoms with van der Waals surface area (Å²) >= 11 is 3.66. The maximum absolute atomic E-state index is 15.1. The number of hydrogen-bond donors (Lipinski definition) is 0. The maximum atomic E-state index is 15.1. The molecule has 0 amide bonds. The van der Waals surface area contributed by atoms with Gasteiger partial charge in [-0.25, -0.2) is 4.57 Å². The first-order valence-electron chi connectivity index (χ1n) is 19.1. The second kappa shape index (κ2) is 20.5. The summed E-state index contributed by atoms with van der Waals surface area (Å²) in [6, 6.07) is 26.6. The van der Waals surface area contributed by atoms with Crippen molar-refractivity contribution in [3.8, 4) is 11.5 Å². The fourth-order valence-electron chi connectivity index (χ4n) is 6.70. The molecule has 0 radical (unpaired) electrons. The SMILES string of the molecule is CCCCCCCN(CCCCCCC)CC(OP(=O)(Oc1ccc([N+](=O)[O-])cc1)Oc1ccc([N+](=O)[O-])cc1)c1cc2ccccc2c2cc(Br)ccc12. The minimum absolute atomic E-state index is 0.0330. The van der Waals surface area contributed by atoms with Crippen LogP contribution in [0.5, 0.6) is 11.5 Å². The van der Waals surface area contributed by atoms with Gasteiger partial charge in [0.25, 0.3) is 11.4 Å². The van der Waals surface area contributed by atoms with Crippen LogP contribution in [0.4, 0.5) is 11.4 Å². The molecular formula is C42H49BrN3O8P. The molecule has 1 atom stereocenters. The van der Waals surface area contributed by atoms with Crippen LogP contribution in [0.25, 0.3) is 21.5 Å². The van der Waals surface area contributed by atoms with Gasteiger partial charge < -0.3 is 13.9 Å². The molecule has 5 aromatic rings. The van der Waals surface area contributed by atoms with Gasteiger partial charge in [0.15, 0.2) is 0 Å². The van der Waals surface area contributed by atoms with Crippen molar-refractivity contribution >= 4 is 56.7 Å². The first kappa shape index (κ1) is 41.8. The number of unbranched alkanes of at least 4 members (excludes halogenated alkanes) is 8. The summed E-state index contributed by atoms with van der Waals surface area (Å²) in [7, 11) is -4.62. The monoisotopic (exact) mass is 833 g/mol. The molecule has 0 heterocycles. The Morgan fingerprint density at radius 1 is 0.655 bits per heavy atom. The smallest absolute Gasteiger partial charge is 0.395 e. The highest BCUT2D eigenvalue weighted by Gasteiger charge is 2.37. The van der Waals surface area contributed by atoms with Gasteiger partial charge in [-0.1, -0.05) is 111 Å². The molecule has 0 aliphatic carbocycles. The fourth-order valence-corrected chi connectivity index (χ4v) is 8.44. The lowest BCUT2D eigenvalue weighted by molar-refractivity contribution is -0.385. The number of phosphoric ester groups is 1. The van der Waals surface area contributed by atoms with Crippen LogP contribution in [0.2, 0.25) is 0 Å². The van der Waals surface area contributed by atoms with Crippen molar-refractivity contribution in [3.63, 3.8) is 0 Å². The van der Waals surface area contributed by atoms with Crippen molar-refractivity contribution in [2.45, 2.75) is 84.2 Å². The third-order valence-corrected chi connectivity index (χ3v) is 11.4. The second-order valence-electron chi connectivity index (χ2n) is 13.7. The predicted molar refractivity (Wildman–Crippen MR) is 222 cm³/mol. The zero-order valence-corrected chi connectivity index (χ0v) is 33.9. The molecule has 0 aliphatic rings. The first-order chi connectivity index (χ1) is 26.6. The van der Waals surface area contributed by atoms with Crippen LogP contribution in [0.1, 0.15) is 89.7 Å². The Morgan fingerprint density at radius 2 is 1.18 bits per heavy atom. The van der Waals surface area contributed by atoms with Gasteiger partial charge in [-0.15, -0.1) is 0 Å². The number of rotatable bonds is 23. The van der Waals surface area contributed by atoms with Gasteiger partial charge in [0, 0.05) is 35.3 Å². The van der Waals surface area contributed by atoms with E-state index in [1.165, 1.54) is 61.4 Å². The zero-order valence-electron chi connectivity index (χ0n) is 31.4. The molecule has 0 fully saturated rings. The van der Waals surface area contributed by atoms with E-state index >= 15 is 4.57 Å². The number of halogens is 1. The van der Waals surface area contributed by atoms with Crippen molar-refractivity contribution < 1.29 is 28.0 Å². The maximum Gasteiger partial charge on any atom is 0.588 e. The van der Waals surface area contributed by atoms with Crippen LogP contribution in [-0.2, 0) is 9.09 Å². The van der Waals surface area contributed by atoms with Crippen molar-refractivity contribution in [3.05, 3.63) is 127 Å². The van der Waals surface area contributed by atoms with Gasteiger partial charge in [0.2, 0.25) is 0 Å². The summed E-state index contributed by atoms with van der Waals surface area (Å²) < 4.78 is 34.8. The first-order valence-corrected chi connectivity index (χ1v) is 21.3. The van der Waals surface area contributed by atoms with Crippen LogP contribution in [0.15, 0.2) is 102 Å². The molecule has 0 saturated carbocycles. The second-order valence-corrected chi connectivity index (χ2v) is 16.1. The van der Waals surface area contributed by atoms with E-state index in [0.717, 1.165) is 96.0 Å². The van der Waals surface area contributed by atoms with Gasteiger partial charge in [0.05, 0.1) is 9.85 Å². The fraction of sp³-hybridized carbons (Fsp3) is 0.381. The van der Waals surface area contributed by atoms with Crippen LogP contribution >= 0.6 is 23.8 Å². The zero-order chi connectivity index (χ0) is 39.2. The molecule has 55 heavy (non-hydrogen) atoms. The lowest BCUT2D eigenvalue weighted by Gasteiger charge is -2.31. The minimum atomic E-state index is -4.62. The Hall–Kier alpha value is -4.35. The Morgan fingerprint density at radius 3 is 1.71 bits per heavy atom. The molecule has 0 spiro atoms. The van der Waals surface area contributed by atoms with E-state index < -0.39 is 23.8 Å². The van der Waals surface area contributed by atoms with E-state index in [9.17, 15) is 20.2 Å². The van der Waals surface area contributed by atoms with Crippen LogP contribution < -0.4 is 9.05 Å². The average molecular weight is 835 g/mol. The molecule has 5 rings (SSSR count). The summed E-state index contributed by atoms with van der Waals surface area (Å²) in [5.74, 6) is 0.0659. The number of phosphoric acid groups is 1. The van der Waals surface area contributed by atoms with Crippen molar-refractivity contribution in [2.75, 3.05) is 19.6 Å². The summed E-state index contributed by atoms with van der Waals surface area (Å²) in [4.78, 5) is 24.1. The number of hydrogen-bond acceptors (Lipinski definition) is 9.